The Labute approximate surface area is 340 Å². The summed E-state index contributed by atoms with van der Waals surface area (Å²) in [6, 6.07) is 28.9. The highest BCUT2D eigenvalue weighted by molar-refractivity contribution is 5.71. The summed E-state index contributed by atoms with van der Waals surface area (Å²) in [7, 11) is 3.82. The Bertz CT molecular complexity index is 2310. The molecule has 2 aromatic heterocycles. The number of hydrogen-bond donors (Lipinski definition) is 1. The lowest BCUT2D eigenvalue weighted by Gasteiger charge is -2.17. The number of fused-ring (bicyclic) bond motifs is 2. The number of carbonyl (C=O) groups excluding carboxylic acids is 1. The normalized spacial score (nSPS) is 13.8. The molecule has 0 fully saturated rings. The highest BCUT2D eigenvalue weighted by Gasteiger charge is 2.24. The number of carboxylic acids is 1. The summed E-state index contributed by atoms with van der Waals surface area (Å²) in [5.74, 6) is 1.67. The lowest BCUT2D eigenvalue weighted by atomic mass is 9.94. The van der Waals surface area contributed by atoms with Crippen LogP contribution in [0.5, 0.6) is 11.5 Å². The Morgan fingerprint density at radius 1 is 0.638 bits per heavy atom. The number of carboxylic acid groups (broad SMARTS) is 1. The summed E-state index contributed by atoms with van der Waals surface area (Å²) in [6.45, 7) is 3.28. The zero-order valence-corrected chi connectivity index (χ0v) is 33.6. The number of imidazole rings is 2. The van der Waals surface area contributed by atoms with Crippen molar-refractivity contribution in [1.29, 1.82) is 0 Å². The molecule has 4 aromatic carbocycles. The second-order valence-corrected chi connectivity index (χ2v) is 15.1. The van der Waals surface area contributed by atoms with Gasteiger partial charge in [-0.15, -0.1) is 0 Å². The fourth-order valence-corrected chi connectivity index (χ4v) is 8.06. The molecule has 0 aliphatic heterocycles. The molecule has 0 bridgehead atoms. The van der Waals surface area contributed by atoms with Crippen LogP contribution in [-0.4, -0.2) is 42.8 Å². The molecule has 0 unspecified atom stereocenters. The summed E-state index contributed by atoms with van der Waals surface area (Å²) in [5, 5.41) is 9.30. The highest BCUT2D eigenvalue weighted by atomic mass is 16.5. The van der Waals surface area contributed by atoms with Gasteiger partial charge in [0.1, 0.15) is 36.4 Å². The minimum Gasteiger partial charge on any atom is -0.489 e. The van der Waals surface area contributed by atoms with E-state index in [-0.39, 0.29) is 30.6 Å². The van der Waals surface area contributed by atoms with E-state index in [1.54, 1.807) is 12.4 Å². The van der Waals surface area contributed by atoms with Crippen LogP contribution < -0.4 is 9.47 Å². The zero-order valence-electron chi connectivity index (χ0n) is 33.6. The Balaban J connectivity index is 0.000000177. The number of ether oxygens (including phenoxy) is 3. The largest absolute Gasteiger partial charge is 0.489 e. The average molecular weight is 781 g/mol. The van der Waals surface area contributed by atoms with Crippen molar-refractivity contribution in [1.82, 2.24) is 19.1 Å². The summed E-state index contributed by atoms with van der Waals surface area (Å²) >= 11 is 0. The summed E-state index contributed by atoms with van der Waals surface area (Å²) < 4.78 is 20.9. The van der Waals surface area contributed by atoms with Crippen LogP contribution in [0.25, 0.3) is 0 Å². The monoisotopic (exact) mass is 780 g/mol. The quantitative estimate of drug-likeness (QED) is 0.103. The van der Waals surface area contributed by atoms with Crippen molar-refractivity contribution in [3.8, 4) is 11.5 Å². The first-order valence-corrected chi connectivity index (χ1v) is 20.2. The van der Waals surface area contributed by atoms with Crippen LogP contribution in [0.2, 0.25) is 0 Å². The first kappa shape index (κ1) is 40.1. The summed E-state index contributed by atoms with van der Waals surface area (Å²) in [4.78, 5) is 32.3. The van der Waals surface area contributed by atoms with Gasteiger partial charge in [0.2, 0.25) is 0 Å². The fraction of sp³-hybridized carbons (Fsp3) is 0.333. The van der Waals surface area contributed by atoms with Crippen LogP contribution in [0.4, 0.5) is 0 Å². The van der Waals surface area contributed by atoms with Crippen LogP contribution >= 0.6 is 0 Å². The maximum absolute atomic E-state index is 12.2. The molecule has 0 amide bonds. The number of rotatable bonds is 15. The number of hydrogen-bond acceptors (Lipinski definition) is 7. The van der Waals surface area contributed by atoms with Gasteiger partial charge in [0.25, 0.3) is 0 Å². The fourth-order valence-electron chi connectivity index (χ4n) is 8.06. The molecule has 6 aromatic rings. The minimum atomic E-state index is -0.843. The van der Waals surface area contributed by atoms with E-state index < -0.39 is 5.97 Å². The van der Waals surface area contributed by atoms with Gasteiger partial charge in [-0.1, -0.05) is 60.7 Å². The van der Waals surface area contributed by atoms with Gasteiger partial charge in [-0.3, -0.25) is 9.59 Å². The van der Waals surface area contributed by atoms with Crippen molar-refractivity contribution in [2.24, 2.45) is 14.1 Å². The summed E-state index contributed by atoms with van der Waals surface area (Å²) in [6.07, 6.45) is 14.6. The van der Waals surface area contributed by atoms with E-state index >= 15 is 0 Å². The third-order valence-electron chi connectivity index (χ3n) is 11.1. The van der Waals surface area contributed by atoms with E-state index in [2.05, 4.69) is 46.4 Å². The molecule has 0 saturated carbocycles. The second kappa shape index (κ2) is 18.9. The molecule has 8 rings (SSSR count). The molecule has 2 aliphatic carbocycles. The maximum atomic E-state index is 12.2. The molecule has 300 valence electrons. The lowest BCUT2D eigenvalue weighted by Crippen LogP contribution is -2.15. The van der Waals surface area contributed by atoms with E-state index in [1.165, 1.54) is 65.5 Å². The minimum absolute atomic E-state index is 0.000181. The zero-order chi connectivity index (χ0) is 40.4. The molecule has 2 heterocycles. The topological polar surface area (TPSA) is 118 Å². The van der Waals surface area contributed by atoms with E-state index in [0.29, 0.717) is 19.8 Å². The van der Waals surface area contributed by atoms with Crippen molar-refractivity contribution in [3.05, 3.63) is 166 Å². The predicted molar refractivity (Wildman–Crippen MR) is 222 cm³/mol. The predicted octanol–water partition coefficient (Wildman–Crippen LogP) is 8.67. The van der Waals surface area contributed by atoms with Gasteiger partial charge in [-0.05, 0) is 114 Å². The number of nitrogens with zero attached hydrogens (tertiary/aromatic N) is 4. The van der Waals surface area contributed by atoms with Crippen molar-refractivity contribution in [2.45, 2.75) is 83.3 Å². The number of aryl methyl sites for hydroxylation is 6. The number of benzene rings is 4. The van der Waals surface area contributed by atoms with Gasteiger partial charge in [0, 0.05) is 38.9 Å². The Morgan fingerprint density at radius 3 is 1.50 bits per heavy atom. The molecule has 0 spiro atoms. The van der Waals surface area contributed by atoms with Crippen LogP contribution in [0, 0.1) is 0 Å². The third-order valence-corrected chi connectivity index (χ3v) is 11.1. The van der Waals surface area contributed by atoms with Gasteiger partial charge >= 0.3 is 11.9 Å². The second-order valence-electron chi connectivity index (χ2n) is 15.1. The first-order valence-electron chi connectivity index (χ1n) is 20.2. The molecule has 58 heavy (non-hydrogen) atoms. The standard InChI is InChI=1S/C25H28N2O3.C23H24N2O3/c1-3-29-24(28)16-23(25-26-13-14-27(25)2)20-9-11-22(12-10-20)30-17-18-7-8-19-5-4-6-21(19)15-18;1-25-12-11-24-23(25)21(14-22(26)27)18-7-9-20(10-8-18)28-15-16-5-6-17-3-2-4-19(17)13-16/h7-15,23H,3-6,16-17H2,1-2H3;5-13,21H,2-4,14-15H2,1H3,(H,26,27)/t23-;21-/m00/s1. The molecule has 10 heteroatoms. The molecule has 0 radical (unpaired) electrons. The van der Waals surface area contributed by atoms with Crippen molar-refractivity contribution >= 4 is 11.9 Å². The van der Waals surface area contributed by atoms with E-state index in [1.807, 2.05) is 91.1 Å². The molecule has 2 atom stereocenters. The Kier molecular flexibility index (Phi) is 13.0. The number of carbonyl (C=O) groups is 2. The van der Waals surface area contributed by atoms with Crippen LogP contribution in [-0.2, 0) is 67.3 Å². The lowest BCUT2D eigenvalue weighted by molar-refractivity contribution is -0.143. The van der Waals surface area contributed by atoms with Crippen molar-refractivity contribution < 1.29 is 28.9 Å². The highest BCUT2D eigenvalue weighted by Crippen LogP contribution is 2.31. The van der Waals surface area contributed by atoms with Gasteiger partial charge in [-0.2, -0.15) is 0 Å². The number of esters is 1. The average Bonchev–Trinajstić information content (AvgIpc) is 4.07. The van der Waals surface area contributed by atoms with E-state index in [9.17, 15) is 14.7 Å². The number of aliphatic carboxylic acids is 1. The molecule has 1 N–H and O–H groups in total. The van der Waals surface area contributed by atoms with Gasteiger partial charge in [-0.25, -0.2) is 9.97 Å². The van der Waals surface area contributed by atoms with Gasteiger partial charge in [0.05, 0.1) is 31.3 Å². The smallest absolute Gasteiger partial charge is 0.306 e. The molecular formula is C48H52N4O6. The van der Waals surface area contributed by atoms with Crippen LogP contribution in [0.15, 0.2) is 110 Å². The SMILES string of the molecule is CCOC(=O)C[C@@H](c1ccc(OCc2ccc3c(c2)CCC3)cc1)c1nccn1C.Cn1ccnc1[C@@H](CC(=O)O)c1ccc(OCc2ccc3c(c2)CCC3)cc1. The Morgan fingerprint density at radius 2 is 1.09 bits per heavy atom. The molecule has 2 aliphatic rings. The maximum Gasteiger partial charge on any atom is 0.306 e. The van der Waals surface area contributed by atoms with Crippen LogP contribution in [0.1, 0.15) is 101 Å². The number of aromatic nitrogens is 4. The van der Waals surface area contributed by atoms with Gasteiger partial charge in [0.15, 0.2) is 0 Å². The Hall–Kier alpha value is -6.16. The third kappa shape index (κ3) is 10.0. The molecular weight excluding hydrogens is 729 g/mol. The molecule has 10 nitrogen and oxygen atoms in total. The van der Waals surface area contributed by atoms with E-state index in [4.69, 9.17) is 14.2 Å². The molecule has 0 saturated heterocycles. The van der Waals surface area contributed by atoms with Crippen LogP contribution in [0.3, 0.4) is 0 Å². The first-order chi connectivity index (χ1) is 28.2. The van der Waals surface area contributed by atoms with Crippen molar-refractivity contribution in [2.75, 3.05) is 6.61 Å². The van der Waals surface area contributed by atoms with Crippen molar-refractivity contribution in [3.63, 3.8) is 0 Å². The van der Waals surface area contributed by atoms with Gasteiger partial charge < -0.3 is 28.5 Å². The summed E-state index contributed by atoms with van der Waals surface area (Å²) in [5.41, 5.74) is 10.2. The van der Waals surface area contributed by atoms with E-state index in [0.717, 1.165) is 40.7 Å².